The van der Waals surface area contributed by atoms with Gasteiger partial charge in [-0.15, -0.1) is 0 Å². The van der Waals surface area contributed by atoms with E-state index in [0.717, 1.165) is 12.1 Å². The summed E-state index contributed by atoms with van der Waals surface area (Å²) in [4.78, 5) is 23.9. The highest BCUT2D eigenvalue weighted by Crippen LogP contribution is 2.37. The molecule has 0 aliphatic heterocycles. The molecule has 0 aliphatic rings. The van der Waals surface area contributed by atoms with Crippen LogP contribution in [0.5, 0.6) is 5.75 Å². The molecular weight excluding hydrogens is 363 g/mol. The van der Waals surface area contributed by atoms with Gasteiger partial charge in [-0.05, 0) is 30.7 Å². The molecule has 5 nitrogen and oxygen atoms in total. The molecule has 0 aliphatic carbocycles. The Morgan fingerprint density at radius 1 is 1.15 bits per heavy atom. The molecule has 0 aromatic heterocycles. The van der Waals surface area contributed by atoms with Crippen LogP contribution in [0.25, 0.3) is 0 Å². The Bertz CT molecular complexity index is 806. The fourth-order valence-electron chi connectivity index (χ4n) is 2.49. The van der Waals surface area contributed by atoms with Crippen LogP contribution in [-0.2, 0) is 9.53 Å². The first-order valence-corrected chi connectivity index (χ1v) is 8.14. The third kappa shape index (κ3) is 5.47. The summed E-state index contributed by atoms with van der Waals surface area (Å²) in [6.07, 6.45) is -5.41. The Balaban J connectivity index is 2.16. The van der Waals surface area contributed by atoms with Crippen LogP contribution in [0.3, 0.4) is 0 Å². The molecule has 2 aromatic carbocycles. The van der Waals surface area contributed by atoms with Gasteiger partial charge in [-0.25, -0.2) is 4.79 Å². The molecule has 2 aromatic rings. The number of nitrogens with one attached hydrogen (secondary N) is 1. The van der Waals surface area contributed by atoms with Crippen molar-refractivity contribution in [1.82, 2.24) is 0 Å². The Hall–Kier alpha value is -3.03. The Morgan fingerprint density at radius 3 is 2.41 bits per heavy atom. The average Bonchev–Trinajstić information content (AvgIpc) is 2.61. The van der Waals surface area contributed by atoms with E-state index in [4.69, 9.17) is 4.74 Å². The third-order valence-electron chi connectivity index (χ3n) is 3.76. The van der Waals surface area contributed by atoms with Crippen molar-refractivity contribution < 1.29 is 32.6 Å². The molecule has 144 valence electrons. The standard InChI is InChI=1S/C19H18F3NO4/c1-2-27-18(26)14-10-13(8-9-16(14)24)23-17(25)11-15(19(20,21)22)12-6-4-3-5-7-12/h3-10,15,24H,2,11H2,1H3,(H,23,25). The summed E-state index contributed by atoms with van der Waals surface area (Å²) in [5, 5.41) is 12.0. The summed E-state index contributed by atoms with van der Waals surface area (Å²) in [7, 11) is 0. The molecule has 1 unspecified atom stereocenters. The van der Waals surface area contributed by atoms with E-state index in [0.29, 0.717) is 0 Å². The number of alkyl halides is 3. The zero-order valence-corrected chi connectivity index (χ0v) is 14.4. The minimum absolute atomic E-state index is 0.0157. The van der Waals surface area contributed by atoms with Crippen molar-refractivity contribution in [2.24, 2.45) is 0 Å². The van der Waals surface area contributed by atoms with Crippen molar-refractivity contribution in [3.05, 3.63) is 59.7 Å². The van der Waals surface area contributed by atoms with E-state index >= 15 is 0 Å². The minimum Gasteiger partial charge on any atom is -0.507 e. The maximum Gasteiger partial charge on any atom is 0.396 e. The molecule has 27 heavy (non-hydrogen) atoms. The number of carbonyl (C=O) groups excluding carboxylic acids is 2. The maximum atomic E-state index is 13.3. The van der Waals surface area contributed by atoms with Gasteiger partial charge in [0.2, 0.25) is 5.91 Å². The molecule has 0 bridgehead atoms. The largest absolute Gasteiger partial charge is 0.507 e. The van der Waals surface area contributed by atoms with E-state index < -0.39 is 30.4 Å². The van der Waals surface area contributed by atoms with Crippen LogP contribution >= 0.6 is 0 Å². The first-order chi connectivity index (χ1) is 12.7. The van der Waals surface area contributed by atoms with E-state index in [9.17, 15) is 27.9 Å². The van der Waals surface area contributed by atoms with Gasteiger partial charge in [0.25, 0.3) is 0 Å². The number of aromatic hydroxyl groups is 1. The second kappa shape index (κ2) is 8.57. The smallest absolute Gasteiger partial charge is 0.396 e. The predicted molar refractivity (Wildman–Crippen MR) is 92.5 cm³/mol. The van der Waals surface area contributed by atoms with Gasteiger partial charge in [0, 0.05) is 12.1 Å². The Morgan fingerprint density at radius 2 is 1.81 bits per heavy atom. The number of carbonyl (C=O) groups is 2. The highest BCUT2D eigenvalue weighted by Gasteiger charge is 2.41. The lowest BCUT2D eigenvalue weighted by molar-refractivity contribution is -0.155. The molecule has 1 atom stereocenters. The number of ether oxygens (including phenoxy) is 1. The van der Waals surface area contributed by atoms with Gasteiger partial charge in [0.15, 0.2) is 0 Å². The number of rotatable bonds is 6. The number of anilines is 1. The van der Waals surface area contributed by atoms with Gasteiger partial charge < -0.3 is 15.2 Å². The van der Waals surface area contributed by atoms with Crippen LogP contribution in [0.15, 0.2) is 48.5 Å². The Labute approximate surface area is 153 Å². The molecule has 0 heterocycles. The predicted octanol–water partition coefficient (Wildman–Crippen LogP) is 4.24. The van der Waals surface area contributed by atoms with Gasteiger partial charge in [0.05, 0.1) is 12.5 Å². The number of hydrogen-bond acceptors (Lipinski definition) is 4. The number of phenols is 1. The van der Waals surface area contributed by atoms with E-state index in [1.165, 1.54) is 30.3 Å². The summed E-state index contributed by atoms with van der Waals surface area (Å²) < 4.78 is 44.8. The highest BCUT2D eigenvalue weighted by atomic mass is 19.4. The minimum atomic E-state index is -4.59. The normalized spacial score (nSPS) is 12.3. The highest BCUT2D eigenvalue weighted by molar-refractivity contribution is 5.96. The van der Waals surface area contributed by atoms with Gasteiger partial charge in [-0.2, -0.15) is 13.2 Å². The fourth-order valence-corrected chi connectivity index (χ4v) is 2.49. The summed E-state index contributed by atoms with van der Waals surface area (Å²) in [5.74, 6) is -3.99. The molecule has 0 radical (unpaired) electrons. The van der Waals surface area contributed by atoms with E-state index in [2.05, 4.69) is 5.32 Å². The van der Waals surface area contributed by atoms with Crippen molar-refractivity contribution >= 4 is 17.6 Å². The van der Waals surface area contributed by atoms with Crippen molar-refractivity contribution in [1.29, 1.82) is 0 Å². The number of esters is 1. The summed E-state index contributed by atoms with van der Waals surface area (Å²) in [6.45, 7) is 1.67. The zero-order chi connectivity index (χ0) is 20.0. The van der Waals surface area contributed by atoms with Crippen molar-refractivity contribution in [3.63, 3.8) is 0 Å². The molecule has 2 rings (SSSR count). The average molecular weight is 381 g/mol. The quantitative estimate of drug-likeness (QED) is 0.580. The van der Waals surface area contributed by atoms with Crippen molar-refractivity contribution in [3.8, 4) is 5.75 Å². The molecular formula is C19H18F3NO4. The summed E-state index contributed by atoms with van der Waals surface area (Å²) in [6, 6.07) is 10.7. The number of benzene rings is 2. The monoisotopic (exact) mass is 381 g/mol. The van der Waals surface area contributed by atoms with Crippen LogP contribution in [0.4, 0.5) is 18.9 Å². The third-order valence-corrected chi connectivity index (χ3v) is 3.76. The second-order valence-corrected chi connectivity index (χ2v) is 5.71. The lowest BCUT2D eigenvalue weighted by Gasteiger charge is -2.20. The van der Waals surface area contributed by atoms with Crippen molar-refractivity contribution in [2.75, 3.05) is 11.9 Å². The number of amides is 1. The first kappa shape index (κ1) is 20.3. The molecule has 1 amide bonds. The van der Waals surface area contributed by atoms with Crippen LogP contribution < -0.4 is 5.32 Å². The van der Waals surface area contributed by atoms with Gasteiger partial charge in [-0.1, -0.05) is 30.3 Å². The lowest BCUT2D eigenvalue weighted by atomic mass is 9.94. The first-order valence-electron chi connectivity index (χ1n) is 8.14. The van der Waals surface area contributed by atoms with Crippen LogP contribution in [0.2, 0.25) is 0 Å². The molecule has 0 saturated heterocycles. The van der Waals surface area contributed by atoms with Crippen LogP contribution in [0.1, 0.15) is 35.2 Å². The van der Waals surface area contributed by atoms with Gasteiger partial charge in [0.1, 0.15) is 11.3 Å². The van der Waals surface area contributed by atoms with Crippen LogP contribution in [0, 0.1) is 0 Å². The second-order valence-electron chi connectivity index (χ2n) is 5.71. The molecule has 0 spiro atoms. The lowest BCUT2D eigenvalue weighted by Crippen LogP contribution is -2.26. The topological polar surface area (TPSA) is 75.6 Å². The summed E-state index contributed by atoms with van der Waals surface area (Å²) in [5.41, 5.74) is -0.127. The number of phenolic OH excluding ortho intramolecular Hbond substituents is 1. The van der Waals surface area contributed by atoms with E-state index in [1.54, 1.807) is 13.0 Å². The van der Waals surface area contributed by atoms with E-state index in [-0.39, 0.29) is 29.2 Å². The van der Waals surface area contributed by atoms with Crippen molar-refractivity contribution in [2.45, 2.75) is 25.4 Å². The Kier molecular flexibility index (Phi) is 6.44. The van der Waals surface area contributed by atoms with Crippen LogP contribution in [-0.4, -0.2) is 29.8 Å². The molecule has 0 fully saturated rings. The van der Waals surface area contributed by atoms with Gasteiger partial charge >= 0.3 is 12.1 Å². The maximum absolute atomic E-state index is 13.3. The molecule has 8 heteroatoms. The van der Waals surface area contributed by atoms with Gasteiger partial charge in [-0.3, -0.25) is 4.79 Å². The fraction of sp³-hybridized carbons (Fsp3) is 0.263. The number of hydrogen-bond donors (Lipinski definition) is 2. The summed E-state index contributed by atoms with van der Waals surface area (Å²) >= 11 is 0. The molecule has 2 N–H and O–H groups in total. The number of halogens is 3. The zero-order valence-electron chi connectivity index (χ0n) is 14.4. The SMILES string of the molecule is CCOC(=O)c1cc(NC(=O)CC(c2ccccc2)C(F)(F)F)ccc1O. The van der Waals surface area contributed by atoms with E-state index in [1.807, 2.05) is 0 Å². The molecule has 0 saturated carbocycles.